The Kier molecular flexibility index (Phi) is 5.13. The lowest BCUT2D eigenvalue weighted by Gasteiger charge is -2.20. The molecule has 1 aromatic carbocycles. The van der Waals surface area contributed by atoms with Crippen LogP contribution in [0, 0.1) is 5.92 Å². The van der Waals surface area contributed by atoms with Gasteiger partial charge in [0.05, 0.1) is 13.7 Å². The van der Waals surface area contributed by atoms with Crippen molar-refractivity contribution in [3.8, 4) is 5.75 Å². The molecule has 6 nitrogen and oxygen atoms in total. The van der Waals surface area contributed by atoms with Gasteiger partial charge in [-0.3, -0.25) is 0 Å². The van der Waals surface area contributed by atoms with Crippen LogP contribution in [-0.2, 0) is 14.8 Å². The van der Waals surface area contributed by atoms with Crippen molar-refractivity contribution in [1.82, 2.24) is 4.72 Å². The molecular weight excluding hydrogens is 360 g/mol. The quantitative estimate of drug-likeness (QED) is 0.761. The number of anilines is 1. The number of benzene rings is 1. The van der Waals surface area contributed by atoms with Crippen LogP contribution >= 0.6 is 15.9 Å². The molecule has 118 valence electrons. The third-order valence-electron chi connectivity index (χ3n) is 3.59. The summed E-state index contributed by atoms with van der Waals surface area (Å²) in [4.78, 5) is 0.0384. The molecule has 1 aromatic rings. The maximum absolute atomic E-state index is 12.5. The van der Waals surface area contributed by atoms with E-state index in [1.165, 1.54) is 13.2 Å². The van der Waals surface area contributed by atoms with Gasteiger partial charge in [0.25, 0.3) is 0 Å². The summed E-state index contributed by atoms with van der Waals surface area (Å²) < 4.78 is 38.8. The molecule has 1 heterocycles. The highest BCUT2D eigenvalue weighted by molar-refractivity contribution is 9.10. The summed E-state index contributed by atoms with van der Waals surface area (Å²) >= 11 is 3.26. The Balaban J connectivity index is 2.28. The Bertz CT molecular complexity index is 615. The van der Waals surface area contributed by atoms with Crippen molar-refractivity contribution in [3.05, 3.63) is 16.6 Å². The SMILES string of the molecule is COc1cc(Br)c(N)cc1S(=O)(=O)NC(C)C1CCOC1. The molecule has 21 heavy (non-hydrogen) atoms. The van der Waals surface area contributed by atoms with E-state index in [0.717, 1.165) is 6.42 Å². The van der Waals surface area contributed by atoms with Gasteiger partial charge in [-0.15, -0.1) is 0 Å². The second-order valence-corrected chi connectivity index (χ2v) is 7.59. The van der Waals surface area contributed by atoms with Gasteiger partial charge in [0.1, 0.15) is 10.6 Å². The van der Waals surface area contributed by atoms with Gasteiger partial charge in [-0.2, -0.15) is 0 Å². The molecule has 2 unspecified atom stereocenters. The van der Waals surface area contributed by atoms with E-state index in [2.05, 4.69) is 20.7 Å². The Morgan fingerprint density at radius 3 is 2.81 bits per heavy atom. The van der Waals surface area contributed by atoms with Crippen molar-refractivity contribution < 1.29 is 17.9 Å². The summed E-state index contributed by atoms with van der Waals surface area (Å²) in [7, 11) is -2.29. The Morgan fingerprint density at radius 1 is 1.52 bits per heavy atom. The van der Waals surface area contributed by atoms with Crippen LogP contribution in [0.1, 0.15) is 13.3 Å². The van der Waals surface area contributed by atoms with Crippen LogP contribution in [0.15, 0.2) is 21.5 Å². The van der Waals surface area contributed by atoms with Crippen LogP contribution in [0.25, 0.3) is 0 Å². The first-order valence-corrected chi connectivity index (χ1v) is 8.86. The summed E-state index contributed by atoms with van der Waals surface area (Å²) in [5, 5.41) is 0. The predicted octanol–water partition coefficient (Wildman–Crippen LogP) is 1.74. The van der Waals surface area contributed by atoms with Crippen molar-refractivity contribution >= 4 is 31.6 Å². The van der Waals surface area contributed by atoms with Gasteiger partial charge >= 0.3 is 0 Å². The summed E-state index contributed by atoms with van der Waals surface area (Å²) in [5.41, 5.74) is 6.12. The van der Waals surface area contributed by atoms with Crippen molar-refractivity contribution in [2.75, 3.05) is 26.1 Å². The minimum atomic E-state index is -3.71. The summed E-state index contributed by atoms with van der Waals surface area (Å²) in [6, 6.07) is 2.73. The van der Waals surface area contributed by atoms with E-state index in [1.807, 2.05) is 6.92 Å². The van der Waals surface area contributed by atoms with Gasteiger partial charge in [0, 0.05) is 28.7 Å². The predicted molar refractivity (Wildman–Crippen MR) is 83.8 cm³/mol. The molecule has 1 fully saturated rings. The summed E-state index contributed by atoms with van der Waals surface area (Å²) in [5.74, 6) is 0.428. The Labute approximate surface area is 133 Å². The Morgan fingerprint density at radius 2 is 2.24 bits per heavy atom. The number of methoxy groups -OCH3 is 1. The van der Waals surface area contributed by atoms with Crippen molar-refractivity contribution in [2.24, 2.45) is 5.92 Å². The number of nitrogen functional groups attached to an aromatic ring is 1. The molecule has 0 aliphatic carbocycles. The van der Waals surface area contributed by atoms with Crippen molar-refractivity contribution in [3.63, 3.8) is 0 Å². The number of halogens is 1. The smallest absolute Gasteiger partial charge is 0.244 e. The number of nitrogens with two attached hydrogens (primary N) is 1. The lowest BCUT2D eigenvalue weighted by Crippen LogP contribution is -2.38. The van der Waals surface area contributed by atoms with E-state index in [4.69, 9.17) is 15.2 Å². The third kappa shape index (κ3) is 3.68. The van der Waals surface area contributed by atoms with E-state index in [1.54, 1.807) is 6.07 Å². The highest BCUT2D eigenvalue weighted by Crippen LogP contribution is 2.32. The average Bonchev–Trinajstić information content (AvgIpc) is 2.94. The standard InChI is InChI=1S/C13H19BrN2O4S/c1-8(9-3-4-20-7-9)16-21(17,18)13-6-11(15)10(14)5-12(13)19-2/h5-6,8-9,16H,3-4,7,15H2,1-2H3. The van der Waals surface area contributed by atoms with Crippen LogP contribution in [0.3, 0.4) is 0 Å². The molecule has 3 N–H and O–H groups in total. The number of sulfonamides is 1. The minimum Gasteiger partial charge on any atom is -0.495 e. The first-order chi connectivity index (χ1) is 9.85. The van der Waals surface area contributed by atoms with Crippen LogP contribution in [0.5, 0.6) is 5.75 Å². The largest absolute Gasteiger partial charge is 0.495 e. The highest BCUT2D eigenvalue weighted by Gasteiger charge is 2.28. The second kappa shape index (κ2) is 6.51. The maximum Gasteiger partial charge on any atom is 0.244 e. The van der Waals surface area contributed by atoms with Gasteiger partial charge in [-0.25, -0.2) is 13.1 Å². The average molecular weight is 379 g/mol. The van der Waals surface area contributed by atoms with E-state index in [9.17, 15) is 8.42 Å². The number of ether oxygens (including phenoxy) is 2. The molecule has 1 aliphatic rings. The molecule has 0 radical (unpaired) electrons. The topological polar surface area (TPSA) is 90.7 Å². The van der Waals surface area contributed by atoms with Gasteiger partial charge < -0.3 is 15.2 Å². The number of hydrogen-bond donors (Lipinski definition) is 2. The van der Waals surface area contributed by atoms with E-state index in [-0.39, 0.29) is 22.6 Å². The zero-order chi connectivity index (χ0) is 15.6. The van der Waals surface area contributed by atoms with E-state index < -0.39 is 10.0 Å². The lowest BCUT2D eigenvalue weighted by atomic mass is 10.0. The van der Waals surface area contributed by atoms with Gasteiger partial charge in [0.2, 0.25) is 10.0 Å². The molecule has 8 heteroatoms. The van der Waals surface area contributed by atoms with E-state index in [0.29, 0.717) is 23.4 Å². The zero-order valence-corrected chi connectivity index (χ0v) is 14.3. The molecule has 2 atom stereocenters. The molecule has 0 amide bonds. The molecule has 1 aliphatic heterocycles. The first kappa shape index (κ1) is 16.5. The van der Waals surface area contributed by atoms with Crippen LogP contribution < -0.4 is 15.2 Å². The van der Waals surface area contributed by atoms with Gasteiger partial charge in [-0.1, -0.05) is 0 Å². The highest BCUT2D eigenvalue weighted by atomic mass is 79.9. The fourth-order valence-electron chi connectivity index (χ4n) is 2.27. The molecular formula is C13H19BrN2O4S. The van der Waals surface area contributed by atoms with Gasteiger partial charge in [0.15, 0.2) is 0 Å². The molecule has 0 saturated carbocycles. The van der Waals surface area contributed by atoms with Gasteiger partial charge in [-0.05, 0) is 41.4 Å². The zero-order valence-electron chi connectivity index (χ0n) is 11.9. The van der Waals surface area contributed by atoms with Crippen molar-refractivity contribution in [2.45, 2.75) is 24.3 Å². The normalized spacial score (nSPS) is 20.4. The fourth-order valence-corrected chi connectivity index (χ4v) is 4.09. The Hall–Kier alpha value is -0.830. The number of rotatable bonds is 5. The molecule has 0 spiro atoms. The monoisotopic (exact) mass is 378 g/mol. The van der Waals surface area contributed by atoms with Crippen LogP contribution in [-0.4, -0.2) is 34.8 Å². The summed E-state index contributed by atoms with van der Waals surface area (Å²) in [6.07, 6.45) is 0.850. The lowest BCUT2D eigenvalue weighted by molar-refractivity contribution is 0.180. The third-order valence-corrected chi connectivity index (χ3v) is 5.85. The molecule has 0 aromatic heterocycles. The van der Waals surface area contributed by atoms with Crippen molar-refractivity contribution in [1.29, 1.82) is 0 Å². The number of nitrogens with one attached hydrogen (secondary N) is 1. The fraction of sp³-hybridized carbons (Fsp3) is 0.538. The van der Waals surface area contributed by atoms with E-state index >= 15 is 0 Å². The second-order valence-electron chi connectivity index (χ2n) is 5.06. The molecule has 2 rings (SSSR count). The minimum absolute atomic E-state index is 0.0384. The maximum atomic E-state index is 12.5. The first-order valence-electron chi connectivity index (χ1n) is 6.58. The van der Waals surface area contributed by atoms with Crippen LogP contribution in [0.4, 0.5) is 5.69 Å². The molecule has 0 bridgehead atoms. The molecule has 1 saturated heterocycles. The van der Waals surface area contributed by atoms with Crippen LogP contribution in [0.2, 0.25) is 0 Å². The summed E-state index contributed by atoms with van der Waals surface area (Å²) in [6.45, 7) is 3.08. The number of hydrogen-bond acceptors (Lipinski definition) is 5.